The molecule has 0 aromatic carbocycles. The van der Waals surface area contributed by atoms with Gasteiger partial charge in [-0.2, -0.15) is 13.2 Å². The fourth-order valence-corrected chi connectivity index (χ4v) is 3.74. The Bertz CT molecular complexity index is 919. The topological polar surface area (TPSA) is 96.7 Å². The Kier molecular flexibility index (Phi) is 6.54. The van der Waals surface area contributed by atoms with Gasteiger partial charge in [0.2, 0.25) is 0 Å². The second-order valence-electron chi connectivity index (χ2n) is 7.54. The summed E-state index contributed by atoms with van der Waals surface area (Å²) in [6.45, 7) is 2.07. The predicted molar refractivity (Wildman–Crippen MR) is 105 cm³/mol. The normalized spacial score (nSPS) is 22.8. The third-order valence-corrected chi connectivity index (χ3v) is 5.23. The minimum absolute atomic E-state index is 0.0871. The predicted octanol–water partition coefficient (Wildman–Crippen LogP) is 2.54. The maximum absolute atomic E-state index is 12.7. The van der Waals surface area contributed by atoms with Crippen molar-refractivity contribution in [3.8, 4) is 0 Å². The lowest BCUT2D eigenvalue weighted by Gasteiger charge is -2.23. The number of rotatable bonds is 3. The molecule has 4 rings (SSSR count). The van der Waals surface area contributed by atoms with Gasteiger partial charge in [-0.15, -0.1) is 0 Å². The van der Waals surface area contributed by atoms with Gasteiger partial charge in [0.1, 0.15) is 11.5 Å². The van der Waals surface area contributed by atoms with Crippen molar-refractivity contribution in [3.63, 3.8) is 0 Å². The molecule has 0 saturated carbocycles. The van der Waals surface area contributed by atoms with E-state index >= 15 is 0 Å². The summed E-state index contributed by atoms with van der Waals surface area (Å²) in [7, 11) is 1.90. The fourth-order valence-electron chi connectivity index (χ4n) is 3.74. The monoisotopic (exact) mass is 440 g/mol. The number of ether oxygens (including phenoxy) is 1. The van der Waals surface area contributed by atoms with Crippen LogP contribution < -0.4 is 5.32 Å². The van der Waals surface area contributed by atoms with E-state index in [2.05, 4.69) is 10.3 Å². The molecule has 2 fully saturated rings. The minimum Gasteiger partial charge on any atom is -0.475 e. The second-order valence-corrected chi connectivity index (χ2v) is 7.54. The number of aliphatic carboxylic acids is 1. The van der Waals surface area contributed by atoms with E-state index in [0.717, 1.165) is 30.9 Å². The average Bonchev–Trinajstić information content (AvgIpc) is 3.43. The van der Waals surface area contributed by atoms with Crippen molar-refractivity contribution in [1.82, 2.24) is 14.5 Å². The number of carboxylic acids is 1. The van der Waals surface area contributed by atoms with Crippen molar-refractivity contribution >= 4 is 17.7 Å². The molecule has 0 bridgehead atoms. The van der Waals surface area contributed by atoms with Crippen molar-refractivity contribution in [2.75, 3.05) is 25.0 Å². The van der Waals surface area contributed by atoms with E-state index in [9.17, 15) is 18.0 Å². The Morgan fingerprint density at radius 3 is 2.61 bits per heavy atom. The van der Waals surface area contributed by atoms with Crippen molar-refractivity contribution in [2.45, 2.75) is 30.7 Å². The molecule has 2 aliphatic heterocycles. The highest BCUT2D eigenvalue weighted by atomic mass is 19.4. The molecule has 2 atom stereocenters. The number of amides is 1. The Morgan fingerprint density at radius 1 is 1.29 bits per heavy atom. The number of nitrogens with zero attached hydrogens (tertiary/aromatic N) is 3. The molecule has 1 amide bonds. The van der Waals surface area contributed by atoms with Crippen LogP contribution in [-0.2, 0) is 16.6 Å². The standard InChI is InChI=1S/C18H22N4O2.C2HF3O2/c1-21-9-4-5-15(21)17(23)22-10-7-18(13-22)11-14(12-24-18)20-16-6-2-3-8-19-16;3-2(4,5)1(6)7/h2-6,8-9,14H,7,10-13H2,1H3,(H,19,20);(H,6,7). The Balaban J connectivity index is 0.000000339. The molecule has 0 radical (unpaired) electrons. The zero-order chi connectivity index (χ0) is 22.6. The molecule has 0 aliphatic carbocycles. The summed E-state index contributed by atoms with van der Waals surface area (Å²) >= 11 is 0. The van der Waals surface area contributed by atoms with Crippen LogP contribution in [-0.4, -0.2) is 68.9 Å². The van der Waals surface area contributed by atoms with Crippen LogP contribution in [0.25, 0.3) is 0 Å². The summed E-state index contributed by atoms with van der Waals surface area (Å²) in [6, 6.07) is 9.85. The van der Waals surface area contributed by atoms with Gasteiger partial charge in [0.25, 0.3) is 5.91 Å². The summed E-state index contributed by atoms with van der Waals surface area (Å²) in [5.74, 6) is -1.80. The number of likely N-dealkylation sites (tertiary alicyclic amines) is 1. The Morgan fingerprint density at radius 2 is 2.03 bits per heavy atom. The molecule has 1 spiro atoms. The highest BCUT2D eigenvalue weighted by molar-refractivity contribution is 5.93. The lowest BCUT2D eigenvalue weighted by molar-refractivity contribution is -0.192. The number of carbonyl (C=O) groups excluding carboxylic acids is 1. The zero-order valence-corrected chi connectivity index (χ0v) is 16.8. The first-order chi connectivity index (χ1) is 14.6. The maximum atomic E-state index is 12.7. The molecule has 2 aliphatic rings. The van der Waals surface area contributed by atoms with Crippen molar-refractivity contribution in [1.29, 1.82) is 0 Å². The van der Waals surface area contributed by atoms with Gasteiger partial charge in [-0.3, -0.25) is 4.79 Å². The van der Waals surface area contributed by atoms with Gasteiger partial charge in [-0.05, 0) is 30.7 Å². The number of nitrogens with one attached hydrogen (secondary N) is 1. The molecule has 2 N–H and O–H groups in total. The number of hydrogen-bond donors (Lipinski definition) is 2. The lowest BCUT2D eigenvalue weighted by atomic mass is 9.97. The largest absolute Gasteiger partial charge is 0.490 e. The first-order valence-electron chi connectivity index (χ1n) is 9.62. The van der Waals surface area contributed by atoms with Crippen LogP contribution in [0.1, 0.15) is 23.3 Å². The molecule has 168 valence electrons. The number of carboxylic acid groups (broad SMARTS) is 1. The van der Waals surface area contributed by atoms with E-state index in [-0.39, 0.29) is 17.6 Å². The molecule has 2 aromatic rings. The first-order valence-corrected chi connectivity index (χ1v) is 9.62. The van der Waals surface area contributed by atoms with Gasteiger partial charge in [0, 0.05) is 32.4 Å². The highest BCUT2D eigenvalue weighted by Crippen LogP contribution is 2.36. The van der Waals surface area contributed by atoms with Crippen LogP contribution >= 0.6 is 0 Å². The molecule has 2 unspecified atom stereocenters. The van der Waals surface area contributed by atoms with E-state index < -0.39 is 12.1 Å². The van der Waals surface area contributed by atoms with E-state index in [1.165, 1.54) is 0 Å². The fraction of sp³-hybridized carbons (Fsp3) is 0.450. The zero-order valence-electron chi connectivity index (χ0n) is 16.8. The van der Waals surface area contributed by atoms with Gasteiger partial charge in [0.05, 0.1) is 24.8 Å². The third kappa shape index (κ3) is 5.54. The molecular formula is C20H23F3N4O4. The molecule has 8 nitrogen and oxygen atoms in total. The van der Waals surface area contributed by atoms with Crippen LogP contribution in [0.2, 0.25) is 0 Å². The van der Waals surface area contributed by atoms with Gasteiger partial charge in [-0.25, -0.2) is 9.78 Å². The molecule has 4 heterocycles. The number of carbonyl (C=O) groups is 2. The number of aromatic nitrogens is 2. The van der Waals surface area contributed by atoms with Crippen molar-refractivity contribution in [3.05, 3.63) is 48.4 Å². The van der Waals surface area contributed by atoms with Gasteiger partial charge < -0.3 is 24.6 Å². The van der Waals surface area contributed by atoms with E-state index in [0.29, 0.717) is 13.2 Å². The number of anilines is 1. The summed E-state index contributed by atoms with van der Waals surface area (Å²) in [5.41, 5.74) is 0.515. The van der Waals surface area contributed by atoms with Crippen LogP contribution in [0.3, 0.4) is 0 Å². The van der Waals surface area contributed by atoms with Crippen LogP contribution in [0, 0.1) is 0 Å². The quantitative estimate of drug-likeness (QED) is 0.762. The molecule has 31 heavy (non-hydrogen) atoms. The molecule has 2 saturated heterocycles. The summed E-state index contributed by atoms with van der Waals surface area (Å²) in [6.07, 6.45) is 0.395. The number of pyridine rings is 1. The third-order valence-electron chi connectivity index (χ3n) is 5.23. The summed E-state index contributed by atoms with van der Waals surface area (Å²) in [5, 5.41) is 10.6. The Labute approximate surface area is 176 Å². The SMILES string of the molecule is Cn1cccc1C(=O)N1CCC2(CC(Nc3ccccn3)CO2)C1.O=C(O)C(F)(F)F. The smallest absolute Gasteiger partial charge is 0.475 e. The highest BCUT2D eigenvalue weighted by Gasteiger charge is 2.47. The second kappa shape index (κ2) is 8.96. The van der Waals surface area contributed by atoms with Gasteiger partial charge in [-0.1, -0.05) is 6.07 Å². The first kappa shape index (κ1) is 22.6. The molecular weight excluding hydrogens is 417 g/mol. The van der Waals surface area contributed by atoms with Crippen molar-refractivity contribution < 1.29 is 32.6 Å². The van der Waals surface area contributed by atoms with Crippen LogP contribution in [0.15, 0.2) is 42.7 Å². The van der Waals surface area contributed by atoms with Gasteiger partial charge >= 0.3 is 12.1 Å². The van der Waals surface area contributed by atoms with Crippen molar-refractivity contribution in [2.24, 2.45) is 7.05 Å². The van der Waals surface area contributed by atoms with Crippen LogP contribution in [0.4, 0.5) is 19.0 Å². The number of halogens is 3. The minimum atomic E-state index is -5.08. The molecule has 11 heteroatoms. The number of alkyl halides is 3. The summed E-state index contributed by atoms with van der Waals surface area (Å²) in [4.78, 5) is 27.8. The molecule has 2 aromatic heterocycles. The average molecular weight is 440 g/mol. The maximum Gasteiger partial charge on any atom is 0.490 e. The lowest BCUT2D eigenvalue weighted by Crippen LogP contribution is -2.36. The van der Waals surface area contributed by atoms with E-state index in [1.807, 2.05) is 53.0 Å². The number of hydrogen-bond acceptors (Lipinski definition) is 5. The summed E-state index contributed by atoms with van der Waals surface area (Å²) < 4.78 is 39.7. The van der Waals surface area contributed by atoms with Crippen LogP contribution in [0.5, 0.6) is 0 Å². The Hall–Kier alpha value is -3.08. The van der Waals surface area contributed by atoms with E-state index in [4.69, 9.17) is 14.6 Å². The van der Waals surface area contributed by atoms with E-state index in [1.54, 1.807) is 6.20 Å². The van der Waals surface area contributed by atoms with Gasteiger partial charge in [0.15, 0.2) is 0 Å². The number of aryl methyl sites for hydroxylation is 1.